The molecule has 90 valence electrons. The summed E-state index contributed by atoms with van der Waals surface area (Å²) in [7, 11) is 0. The summed E-state index contributed by atoms with van der Waals surface area (Å²) in [6.45, 7) is 12.4. The summed E-state index contributed by atoms with van der Waals surface area (Å²) in [5.74, 6) is 1.79. The van der Waals surface area contributed by atoms with Crippen LogP contribution in [0.15, 0.2) is 29.2 Å². The molecule has 0 radical (unpaired) electrons. The fourth-order valence-electron chi connectivity index (χ4n) is 1.54. The zero-order valence-corrected chi connectivity index (χ0v) is 10.5. The Balaban J connectivity index is 2.71. The van der Waals surface area contributed by atoms with Crippen molar-refractivity contribution in [2.24, 2.45) is 5.73 Å². The number of nitrogens with two attached hydrogens (primary N) is 1. The van der Waals surface area contributed by atoms with E-state index in [1.165, 1.54) is 0 Å². The quantitative estimate of drug-likeness (QED) is 0.778. The first-order chi connectivity index (χ1) is 7.47. The van der Waals surface area contributed by atoms with Crippen molar-refractivity contribution in [3.05, 3.63) is 36.3 Å². The van der Waals surface area contributed by atoms with E-state index in [9.17, 15) is 0 Å². The monoisotopic (exact) mass is 222 g/mol. The lowest BCUT2D eigenvalue weighted by Crippen LogP contribution is -2.40. The number of rotatable bonds is 5. The van der Waals surface area contributed by atoms with Crippen LogP contribution in [-0.2, 0) is 13.1 Å². The van der Waals surface area contributed by atoms with Crippen molar-refractivity contribution >= 4 is 0 Å². The van der Waals surface area contributed by atoms with Gasteiger partial charge in [-0.25, -0.2) is 0 Å². The fourth-order valence-corrected chi connectivity index (χ4v) is 1.54. The van der Waals surface area contributed by atoms with E-state index in [1.54, 1.807) is 0 Å². The van der Waals surface area contributed by atoms with Crippen LogP contribution < -0.4 is 5.73 Å². The Morgan fingerprint density at radius 3 is 2.44 bits per heavy atom. The highest BCUT2D eigenvalue weighted by Gasteiger charge is 2.21. The van der Waals surface area contributed by atoms with E-state index in [0.717, 1.165) is 24.6 Å². The van der Waals surface area contributed by atoms with E-state index in [4.69, 9.17) is 10.2 Å². The van der Waals surface area contributed by atoms with Crippen molar-refractivity contribution in [2.45, 2.75) is 39.4 Å². The van der Waals surface area contributed by atoms with Gasteiger partial charge in [-0.15, -0.1) is 6.58 Å². The van der Waals surface area contributed by atoms with Crippen LogP contribution in [0.25, 0.3) is 0 Å². The number of hydrogen-bond donors (Lipinski definition) is 1. The molecule has 0 atom stereocenters. The third-order valence-corrected chi connectivity index (χ3v) is 2.56. The molecule has 1 rings (SSSR count). The van der Waals surface area contributed by atoms with E-state index >= 15 is 0 Å². The normalized spacial score (nSPS) is 12.1. The van der Waals surface area contributed by atoms with Crippen LogP contribution in [0.5, 0.6) is 0 Å². The molecule has 2 N–H and O–H groups in total. The first kappa shape index (κ1) is 13.0. The minimum Gasteiger partial charge on any atom is -0.463 e. The molecule has 1 aromatic rings. The topological polar surface area (TPSA) is 42.4 Å². The van der Waals surface area contributed by atoms with Crippen LogP contribution in [0.2, 0.25) is 0 Å². The zero-order valence-electron chi connectivity index (χ0n) is 10.5. The molecular weight excluding hydrogens is 200 g/mol. The molecule has 0 bridgehead atoms. The molecule has 3 heteroatoms. The van der Waals surface area contributed by atoms with Crippen molar-refractivity contribution in [3.8, 4) is 0 Å². The number of hydrogen-bond acceptors (Lipinski definition) is 3. The Hall–Kier alpha value is -1.06. The first-order valence-electron chi connectivity index (χ1n) is 5.61. The van der Waals surface area contributed by atoms with Crippen LogP contribution in [-0.4, -0.2) is 17.0 Å². The molecule has 0 aliphatic carbocycles. The van der Waals surface area contributed by atoms with Crippen LogP contribution in [0.4, 0.5) is 0 Å². The van der Waals surface area contributed by atoms with Crippen LogP contribution in [0, 0.1) is 0 Å². The van der Waals surface area contributed by atoms with Gasteiger partial charge in [0.1, 0.15) is 11.5 Å². The van der Waals surface area contributed by atoms with E-state index < -0.39 is 0 Å². The third kappa shape index (κ3) is 3.51. The smallest absolute Gasteiger partial charge is 0.118 e. The number of nitrogens with zero attached hydrogens (tertiary/aromatic N) is 1. The average Bonchev–Trinajstić information content (AvgIpc) is 2.63. The summed E-state index contributed by atoms with van der Waals surface area (Å²) in [5.41, 5.74) is 5.62. The van der Waals surface area contributed by atoms with Gasteiger partial charge in [0.2, 0.25) is 0 Å². The highest BCUT2D eigenvalue weighted by molar-refractivity contribution is 5.07. The van der Waals surface area contributed by atoms with Gasteiger partial charge in [0.15, 0.2) is 0 Å². The van der Waals surface area contributed by atoms with Crippen molar-refractivity contribution in [2.75, 3.05) is 6.54 Å². The Morgan fingerprint density at radius 2 is 2.00 bits per heavy atom. The largest absolute Gasteiger partial charge is 0.463 e. The standard InChI is InChI=1S/C13H22N2O/c1-5-8-15(13(2,3)4)10-12-7-6-11(9-14)16-12/h5-7H,1,8-10,14H2,2-4H3. The van der Waals surface area contributed by atoms with Gasteiger partial charge in [0.25, 0.3) is 0 Å². The molecule has 1 aromatic heterocycles. The Bertz CT molecular complexity index is 336. The molecule has 0 saturated heterocycles. The van der Waals surface area contributed by atoms with Gasteiger partial charge in [0, 0.05) is 12.1 Å². The van der Waals surface area contributed by atoms with E-state index in [2.05, 4.69) is 32.3 Å². The summed E-state index contributed by atoms with van der Waals surface area (Å²) in [6, 6.07) is 3.92. The molecular formula is C13H22N2O. The summed E-state index contributed by atoms with van der Waals surface area (Å²) < 4.78 is 5.60. The molecule has 0 aliphatic heterocycles. The molecule has 0 saturated carbocycles. The van der Waals surface area contributed by atoms with Crippen molar-refractivity contribution in [1.29, 1.82) is 0 Å². The molecule has 16 heavy (non-hydrogen) atoms. The average molecular weight is 222 g/mol. The summed E-state index contributed by atoms with van der Waals surface area (Å²) in [5, 5.41) is 0. The van der Waals surface area contributed by atoms with Crippen molar-refractivity contribution < 1.29 is 4.42 Å². The first-order valence-corrected chi connectivity index (χ1v) is 5.61. The van der Waals surface area contributed by atoms with Crippen LogP contribution >= 0.6 is 0 Å². The molecule has 0 spiro atoms. The summed E-state index contributed by atoms with van der Waals surface area (Å²) in [4.78, 5) is 2.30. The van der Waals surface area contributed by atoms with E-state index in [1.807, 2.05) is 18.2 Å². The van der Waals surface area contributed by atoms with Gasteiger partial charge in [-0.2, -0.15) is 0 Å². The minimum absolute atomic E-state index is 0.101. The maximum atomic E-state index is 5.60. The fraction of sp³-hybridized carbons (Fsp3) is 0.538. The molecule has 0 aliphatic rings. The van der Waals surface area contributed by atoms with Gasteiger partial charge >= 0.3 is 0 Å². The lowest BCUT2D eigenvalue weighted by Gasteiger charge is -2.34. The second-order valence-corrected chi connectivity index (χ2v) is 4.91. The van der Waals surface area contributed by atoms with Gasteiger partial charge in [-0.3, -0.25) is 4.90 Å². The molecule has 0 fully saturated rings. The summed E-state index contributed by atoms with van der Waals surface area (Å²) >= 11 is 0. The number of furan rings is 1. The van der Waals surface area contributed by atoms with Gasteiger partial charge in [-0.05, 0) is 32.9 Å². The van der Waals surface area contributed by atoms with Crippen LogP contribution in [0.3, 0.4) is 0 Å². The van der Waals surface area contributed by atoms with E-state index in [-0.39, 0.29) is 5.54 Å². The molecule has 0 aromatic carbocycles. The third-order valence-electron chi connectivity index (χ3n) is 2.56. The van der Waals surface area contributed by atoms with Crippen molar-refractivity contribution in [1.82, 2.24) is 4.90 Å². The maximum absolute atomic E-state index is 5.60. The Morgan fingerprint density at radius 1 is 1.38 bits per heavy atom. The Labute approximate surface area is 97.9 Å². The highest BCUT2D eigenvalue weighted by Crippen LogP contribution is 2.18. The second kappa shape index (κ2) is 5.32. The highest BCUT2D eigenvalue weighted by atomic mass is 16.3. The summed E-state index contributed by atoms with van der Waals surface area (Å²) in [6.07, 6.45) is 1.91. The second-order valence-electron chi connectivity index (χ2n) is 4.91. The molecule has 0 amide bonds. The van der Waals surface area contributed by atoms with Gasteiger partial charge < -0.3 is 10.2 Å². The SMILES string of the molecule is C=CCN(Cc1ccc(CN)o1)C(C)(C)C. The maximum Gasteiger partial charge on any atom is 0.118 e. The lowest BCUT2D eigenvalue weighted by molar-refractivity contribution is 0.133. The van der Waals surface area contributed by atoms with E-state index in [0.29, 0.717) is 6.54 Å². The van der Waals surface area contributed by atoms with Crippen LogP contribution in [0.1, 0.15) is 32.3 Å². The van der Waals surface area contributed by atoms with Gasteiger partial charge in [0.05, 0.1) is 13.1 Å². The molecule has 1 heterocycles. The predicted molar refractivity (Wildman–Crippen MR) is 67.0 cm³/mol. The molecule has 3 nitrogen and oxygen atoms in total. The van der Waals surface area contributed by atoms with Gasteiger partial charge in [-0.1, -0.05) is 6.08 Å². The lowest BCUT2D eigenvalue weighted by atomic mass is 10.1. The van der Waals surface area contributed by atoms with Crippen molar-refractivity contribution in [3.63, 3.8) is 0 Å². The molecule has 0 unspecified atom stereocenters. The Kier molecular flexibility index (Phi) is 4.33. The minimum atomic E-state index is 0.101. The predicted octanol–water partition coefficient (Wildman–Crippen LogP) is 2.52. The zero-order chi connectivity index (χ0) is 12.2.